The lowest BCUT2D eigenvalue weighted by molar-refractivity contribution is -0.253. The standard InChI is InChI=1S/C19H15F6NO3/c1-10(27)6-16(28)26-17(11-2-4-13(20)5-3-11)12-7-14(21)9-15(8-12)29-19(24,25)18(22)23/h2-5,7-9,17-18H,6H2,1H3,(H,26,28)/t17-/m1/s1. The van der Waals surface area contributed by atoms with Crippen LogP contribution in [0.3, 0.4) is 0 Å². The molecule has 2 aromatic carbocycles. The number of carbonyl (C=O) groups is 2. The first kappa shape index (κ1) is 22.3. The monoisotopic (exact) mass is 419 g/mol. The van der Waals surface area contributed by atoms with E-state index < -0.39 is 54.1 Å². The van der Waals surface area contributed by atoms with E-state index in [1.54, 1.807) is 0 Å². The van der Waals surface area contributed by atoms with Crippen LogP contribution in [0.2, 0.25) is 0 Å². The molecule has 0 unspecified atom stereocenters. The van der Waals surface area contributed by atoms with Crippen LogP contribution in [0.5, 0.6) is 5.75 Å². The summed E-state index contributed by atoms with van der Waals surface area (Å²) in [5, 5.41) is 2.40. The molecule has 0 aromatic heterocycles. The zero-order valence-corrected chi connectivity index (χ0v) is 14.9. The zero-order chi connectivity index (χ0) is 21.8. The van der Waals surface area contributed by atoms with Gasteiger partial charge in [0.15, 0.2) is 0 Å². The van der Waals surface area contributed by atoms with Crippen LogP contribution in [0.15, 0.2) is 42.5 Å². The van der Waals surface area contributed by atoms with Gasteiger partial charge in [0.25, 0.3) is 0 Å². The molecular formula is C19H15F6NO3. The normalized spacial score (nSPS) is 12.6. The van der Waals surface area contributed by atoms with Crippen LogP contribution in [0.1, 0.15) is 30.5 Å². The second-order valence-electron chi connectivity index (χ2n) is 6.12. The van der Waals surface area contributed by atoms with Gasteiger partial charge < -0.3 is 10.1 Å². The minimum Gasteiger partial charge on any atom is -0.428 e. The van der Waals surface area contributed by atoms with E-state index in [0.717, 1.165) is 31.2 Å². The molecule has 0 heterocycles. The van der Waals surface area contributed by atoms with Crippen LogP contribution in [-0.2, 0) is 9.59 Å². The molecule has 0 bridgehead atoms. The van der Waals surface area contributed by atoms with Crippen molar-refractivity contribution in [2.24, 2.45) is 0 Å². The Hall–Kier alpha value is -3.04. The van der Waals surface area contributed by atoms with Crippen LogP contribution < -0.4 is 10.1 Å². The number of hydrogen-bond donors (Lipinski definition) is 1. The highest BCUT2D eigenvalue weighted by atomic mass is 19.3. The number of rotatable bonds is 8. The van der Waals surface area contributed by atoms with E-state index >= 15 is 0 Å². The topological polar surface area (TPSA) is 55.4 Å². The second kappa shape index (κ2) is 8.97. The molecule has 4 nitrogen and oxygen atoms in total. The van der Waals surface area contributed by atoms with E-state index in [-0.39, 0.29) is 11.1 Å². The third kappa shape index (κ3) is 6.23. The molecule has 10 heteroatoms. The number of Topliss-reactive ketones (excluding diaryl/α,β-unsaturated/α-hetero) is 1. The van der Waals surface area contributed by atoms with Gasteiger partial charge in [-0.1, -0.05) is 12.1 Å². The third-order valence-corrected chi connectivity index (χ3v) is 3.65. The maximum atomic E-state index is 14.0. The zero-order valence-electron chi connectivity index (χ0n) is 14.9. The molecule has 0 aliphatic carbocycles. The molecule has 29 heavy (non-hydrogen) atoms. The van der Waals surface area contributed by atoms with Gasteiger partial charge in [0.2, 0.25) is 5.91 Å². The third-order valence-electron chi connectivity index (χ3n) is 3.65. The van der Waals surface area contributed by atoms with Gasteiger partial charge in [0, 0.05) is 6.07 Å². The molecule has 0 saturated heterocycles. The molecule has 0 radical (unpaired) electrons. The van der Waals surface area contributed by atoms with Crippen molar-refractivity contribution in [2.45, 2.75) is 31.9 Å². The Bertz CT molecular complexity index is 886. The first-order valence-corrected chi connectivity index (χ1v) is 8.17. The summed E-state index contributed by atoms with van der Waals surface area (Å²) in [5.41, 5.74) is 0.0778. The van der Waals surface area contributed by atoms with Crippen molar-refractivity contribution in [3.05, 3.63) is 65.2 Å². The number of alkyl halides is 4. The Morgan fingerprint density at radius 1 is 1.00 bits per heavy atom. The summed E-state index contributed by atoms with van der Waals surface area (Å²) >= 11 is 0. The average molecular weight is 419 g/mol. The number of ether oxygens (including phenoxy) is 1. The number of hydrogen-bond acceptors (Lipinski definition) is 3. The van der Waals surface area contributed by atoms with Gasteiger partial charge >= 0.3 is 12.5 Å². The molecule has 0 spiro atoms. The predicted octanol–water partition coefficient (Wildman–Crippen LogP) is 4.39. The van der Waals surface area contributed by atoms with Crippen molar-refractivity contribution in [3.8, 4) is 5.75 Å². The van der Waals surface area contributed by atoms with Crippen molar-refractivity contribution < 1.29 is 40.7 Å². The molecule has 156 valence electrons. The van der Waals surface area contributed by atoms with Gasteiger partial charge in [-0.25, -0.2) is 8.78 Å². The van der Waals surface area contributed by atoms with Crippen LogP contribution >= 0.6 is 0 Å². The number of carbonyl (C=O) groups excluding carboxylic acids is 2. The number of benzene rings is 2. The van der Waals surface area contributed by atoms with E-state index in [1.807, 2.05) is 0 Å². The summed E-state index contributed by atoms with van der Waals surface area (Å²) in [6, 6.07) is 5.54. The van der Waals surface area contributed by atoms with Gasteiger partial charge in [-0.15, -0.1) is 0 Å². The Morgan fingerprint density at radius 3 is 2.17 bits per heavy atom. The summed E-state index contributed by atoms with van der Waals surface area (Å²) < 4.78 is 82.1. The molecule has 2 aromatic rings. The van der Waals surface area contributed by atoms with Crippen molar-refractivity contribution in [2.75, 3.05) is 0 Å². The molecular weight excluding hydrogens is 404 g/mol. The van der Waals surface area contributed by atoms with E-state index in [2.05, 4.69) is 10.1 Å². The molecule has 0 fully saturated rings. The first-order valence-electron chi connectivity index (χ1n) is 8.17. The smallest absolute Gasteiger partial charge is 0.428 e. The fourth-order valence-corrected chi connectivity index (χ4v) is 2.46. The summed E-state index contributed by atoms with van der Waals surface area (Å²) in [6.07, 6.45) is -9.54. The van der Waals surface area contributed by atoms with Gasteiger partial charge in [0.05, 0.1) is 12.5 Å². The lowest BCUT2D eigenvalue weighted by atomic mass is 9.98. The lowest BCUT2D eigenvalue weighted by Crippen LogP contribution is -2.34. The van der Waals surface area contributed by atoms with E-state index in [9.17, 15) is 35.9 Å². The maximum Gasteiger partial charge on any atom is 0.461 e. The molecule has 0 saturated carbocycles. The molecule has 0 aliphatic rings. The minimum atomic E-state index is -4.87. The van der Waals surface area contributed by atoms with Crippen LogP contribution in [-0.4, -0.2) is 24.2 Å². The summed E-state index contributed by atoms with van der Waals surface area (Å²) in [4.78, 5) is 23.2. The van der Waals surface area contributed by atoms with E-state index in [1.165, 1.54) is 12.1 Å². The molecule has 1 atom stereocenters. The average Bonchev–Trinajstić information content (AvgIpc) is 2.59. The first-order chi connectivity index (χ1) is 13.5. The van der Waals surface area contributed by atoms with Crippen LogP contribution in [0, 0.1) is 11.6 Å². The fraction of sp³-hybridized carbons (Fsp3) is 0.263. The van der Waals surface area contributed by atoms with Crippen molar-refractivity contribution in [1.82, 2.24) is 5.32 Å². The second-order valence-corrected chi connectivity index (χ2v) is 6.12. The number of nitrogens with one attached hydrogen (secondary N) is 1. The highest BCUT2D eigenvalue weighted by molar-refractivity contribution is 5.97. The maximum absolute atomic E-state index is 14.0. The molecule has 2 rings (SSSR count). The van der Waals surface area contributed by atoms with Crippen molar-refractivity contribution >= 4 is 11.7 Å². The fourth-order valence-electron chi connectivity index (χ4n) is 2.46. The molecule has 0 aliphatic heterocycles. The van der Waals surface area contributed by atoms with Crippen LogP contribution in [0.25, 0.3) is 0 Å². The Kier molecular flexibility index (Phi) is 6.89. The van der Waals surface area contributed by atoms with Crippen molar-refractivity contribution in [3.63, 3.8) is 0 Å². The summed E-state index contributed by atoms with van der Waals surface area (Å²) in [5.74, 6) is -3.85. The summed E-state index contributed by atoms with van der Waals surface area (Å²) in [7, 11) is 0. The van der Waals surface area contributed by atoms with Gasteiger partial charge in [-0.2, -0.15) is 17.6 Å². The molecule has 1 amide bonds. The quantitative estimate of drug-likeness (QED) is 0.510. The summed E-state index contributed by atoms with van der Waals surface area (Å²) in [6.45, 7) is 1.16. The number of amides is 1. The number of halogens is 6. The van der Waals surface area contributed by atoms with Crippen molar-refractivity contribution in [1.29, 1.82) is 0 Å². The Labute approximate surface area is 161 Å². The van der Waals surface area contributed by atoms with Gasteiger partial charge in [-0.05, 0) is 42.3 Å². The van der Waals surface area contributed by atoms with Gasteiger partial charge in [0.1, 0.15) is 23.2 Å². The van der Waals surface area contributed by atoms with Crippen LogP contribution in [0.4, 0.5) is 26.3 Å². The minimum absolute atomic E-state index is 0.145. The highest BCUT2D eigenvalue weighted by Gasteiger charge is 2.44. The van der Waals surface area contributed by atoms with Gasteiger partial charge in [-0.3, -0.25) is 9.59 Å². The number of ketones is 1. The Balaban J connectivity index is 2.45. The largest absolute Gasteiger partial charge is 0.461 e. The SMILES string of the molecule is CC(=O)CC(=O)N[C@H](c1ccc(F)cc1)c1cc(F)cc(OC(F)(F)C(F)F)c1. The lowest BCUT2D eigenvalue weighted by Gasteiger charge is -2.22. The molecule has 1 N–H and O–H groups in total. The predicted molar refractivity (Wildman–Crippen MR) is 89.7 cm³/mol. The van der Waals surface area contributed by atoms with E-state index in [4.69, 9.17) is 0 Å². The Morgan fingerprint density at radius 2 is 1.62 bits per heavy atom. The highest BCUT2D eigenvalue weighted by Crippen LogP contribution is 2.32. The van der Waals surface area contributed by atoms with E-state index in [0.29, 0.717) is 6.07 Å².